The first-order chi connectivity index (χ1) is 9.67. The van der Waals surface area contributed by atoms with Gasteiger partial charge in [-0.3, -0.25) is 0 Å². The van der Waals surface area contributed by atoms with Gasteiger partial charge in [-0.05, 0) is 23.3 Å². The van der Waals surface area contributed by atoms with E-state index in [1.165, 1.54) is 12.1 Å². The second kappa shape index (κ2) is 4.66. The maximum absolute atomic E-state index is 9.61. The first-order valence-electron chi connectivity index (χ1n) is 6.42. The molecule has 0 heterocycles. The number of anilines is 4. The molecule has 2 aromatic rings. The van der Waals surface area contributed by atoms with Crippen molar-refractivity contribution in [1.82, 2.24) is 0 Å². The molecule has 2 rings (SSSR count). The number of rotatable bonds is 2. The van der Waals surface area contributed by atoms with E-state index in [0.717, 1.165) is 11.1 Å². The standard InChI is InChI=1S/C15H20N4O2/c1-15(2,7-3-5-9(20)13(18)11(7)16)8-4-6-10(21)14(19)12(8)17/h3-6,20-21H,16-19H2,1-2H3. The van der Waals surface area contributed by atoms with Gasteiger partial charge in [-0.25, -0.2) is 0 Å². The van der Waals surface area contributed by atoms with Crippen molar-refractivity contribution in [2.45, 2.75) is 19.3 Å². The maximum atomic E-state index is 9.61. The molecule has 6 nitrogen and oxygen atoms in total. The Kier molecular flexibility index (Phi) is 3.25. The third-order valence-corrected chi connectivity index (χ3v) is 3.88. The molecule has 0 radical (unpaired) electrons. The van der Waals surface area contributed by atoms with Crippen molar-refractivity contribution in [3.63, 3.8) is 0 Å². The van der Waals surface area contributed by atoms with Gasteiger partial charge in [0.05, 0.1) is 22.7 Å². The van der Waals surface area contributed by atoms with Gasteiger partial charge in [-0.1, -0.05) is 26.0 Å². The zero-order valence-corrected chi connectivity index (χ0v) is 12.0. The van der Waals surface area contributed by atoms with E-state index in [-0.39, 0.29) is 22.9 Å². The topological polar surface area (TPSA) is 145 Å². The Morgan fingerprint density at radius 2 is 1.00 bits per heavy atom. The van der Waals surface area contributed by atoms with Crippen molar-refractivity contribution in [2.75, 3.05) is 22.9 Å². The molecule has 0 amide bonds. The third kappa shape index (κ3) is 2.14. The summed E-state index contributed by atoms with van der Waals surface area (Å²) >= 11 is 0. The number of aromatic hydroxyl groups is 2. The molecule has 0 aromatic heterocycles. The van der Waals surface area contributed by atoms with E-state index in [4.69, 9.17) is 22.9 Å². The van der Waals surface area contributed by atoms with Crippen LogP contribution in [0.15, 0.2) is 24.3 Å². The lowest BCUT2D eigenvalue weighted by Crippen LogP contribution is -2.23. The largest absolute Gasteiger partial charge is 0.506 e. The van der Waals surface area contributed by atoms with Crippen LogP contribution in [-0.4, -0.2) is 10.2 Å². The number of nitrogen functional groups attached to an aromatic ring is 4. The Hall–Kier alpha value is -2.76. The van der Waals surface area contributed by atoms with Crippen LogP contribution in [0.4, 0.5) is 22.7 Å². The van der Waals surface area contributed by atoms with E-state index in [2.05, 4.69) is 0 Å². The third-order valence-electron chi connectivity index (χ3n) is 3.88. The Morgan fingerprint density at radius 1 is 0.667 bits per heavy atom. The molecule has 0 fully saturated rings. The van der Waals surface area contributed by atoms with Gasteiger partial charge in [-0.15, -0.1) is 0 Å². The molecule has 0 aliphatic carbocycles. The van der Waals surface area contributed by atoms with Crippen molar-refractivity contribution in [1.29, 1.82) is 0 Å². The van der Waals surface area contributed by atoms with E-state index in [1.807, 2.05) is 13.8 Å². The second-order valence-electron chi connectivity index (χ2n) is 5.54. The second-order valence-corrected chi connectivity index (χ2v) is 5.54. The number of hydrogen-bond donors (Lipinski definition) is 6. The van der Waals surface area contributed by atoms with Crippen LogP contribution in [0, 0.1) is 0 Å². The van der Waals surface area contributed by atoms with Crippen LogP contribution in [0.5, 0.6) is 11.5 Å². The van der Waals surface area contributed by atoms with Gasteiger partial charge in [0, 0.05) is 5.41 Å². The molecule has 0 aliphatic heterocycles. The zero-order valence-electron chi connectivity index (χ0n) is 12.0. The van der Waals surface area contributed by atoms with Crippen LogP contribution in [0.2, 0.25) is 0 Å². The molecular weight excluding hydrogens is 268 g/mol. The van der Waals surface area contributed by atoms with Gasteiger partial charge in [0.25, 0.3) is 0 Å². The first kappa shape index (κ1) is 14.6. The Labute approximate surface area is 123 Å². The van der Waals surface area contributed by atoms with E-state index < -0.39 is 5.41 Å². The van der Waals surface area contributed by atoms with Crippen LogP contribution < -0.4 is 22.9 Å². The molecule has 2 aromatic carbocycles. The minimum Gasteiger partial charge on any atom is -0.506 e. The van der Waals surface area contributed by atoms with Crippen molar-refractivity contribution < 1.29 is 10.2 Å². The van der Waals surface area contributed by atoms with Gasteiger partial charge in [0.2, 0.25) is 0 Å². The van der Waals surface area contributed by atoms with Crippen LogP contribution in [0.3, 0.4) is 0 Å². The highest BCUT2D eigenvalue weighted by Crippen LogP contribution is 2.44. The number of nitrogens with two attached hydrogens (primary N) is 4. The molecule has 0 saturated carbocycles. The molecule has 21 heavy (non-hydrogen) atoms. The first-order valence-corrected chi connectivity index (χ1v) is 6.42. The molecule has 0 saturated heterocycles. The molecule has 0 spiro atoms. The summed E-state index contributed by atoms with van der Waals surface area (Å²) in [5.74, 6) is -0.129. The molecule has 0 aliphatic rings. The summed E-state index contributed by atoms with van der Waals surface area (Å²) in [7, 11) is 0. The van der Waals surface area contributed by atoms with Crippen molar-refractivity contribution in [3.8, 4) is 11.5 Å². The molecule has 0 unspecified atom stereocenters. The summed E-state index contributed by atoms with van der Waals surface area (Å²) in [4.78, 5) is 0. The monoisotopic (exact) mass is 288 g/mol. The highest BCUT2D eigenvalue weighted by atomic mass is 16.3. The summed E-state index contributed by atoms with van der Waals surface area (Å²) < 4.78 is 0. The molecule has 6 heteroatoms. The number of benzene rings is 2. The average molecular weight is 288 g/mol. The lowest BCUT2D eigenvalue weighted by molar-refractivity contribution is 0.477. The minimum absolute atomic E-state index is 0.0646. The summed E-state index contributed by atoms with van der Waals surface area (Å²) in [5, 5.41) is 19.2. The van der Waals surface area contributed by atoms with Gasteiger partial charge in [0.1, 0.15) is 11.5 Å². The lowest BCUT2D eigenvalue weighted by atomic mass is 9.76. The number of hydrogen-bond acceptors (Lipinski definition) is 6. The van der Waals surface area contributed by atoms with Crippen LogP contribution in [0.1, 0.15) is 25.0 Å². The highest BCUT2D eigenvalue weighted by molar-refractivity contribution is 5.79. The van der Waals surface area contributed by atoms with E-state index in [0.29, 0.717) is 11.4 Å². The fourth-order valence-electron chi connectivity index (χ4n) is 2.48. The van der Waals surface area contributed by atoms with Gasteiger partial charge in [-0.2, -0.15) is 0 Å². The Balaban J connectivity index is 2.68. The van der Waals surface area contributed by atoms with E-state index in [1.54, 1.807) is 12.1 Å². The zero-order chi connectivity index (χ0) is 15.9. The fraction of sp³-hybridized carbons (Fsp3) is 0.200. The normalized spacial score (nSPS) is 11.5. The van der Waals surface area contributed by atoms with E-state index in [9.17, 15) is 10.2 Å². The van der Waals surface area contributed by atoms with Crippen molar-refractivity contribution in [3.05, 3.63) is 35.4 Å². The molecule has 10 N–H and O–H groups in total. The lowest BCUT2D eigenvalue weighted by Gasteiger charge is -2.30. The van der Waals surface area contributed by atoms with Crippen LogP contribution >= 0.6 is 0 Å². The summed E-state index contributed by atoms with van der Waals surface area (Å²) in [6, 6.07) is 6.37. The molecule has 0 atom stereocenters. The SMILES string of the molecule is CC(C)(c1ccc(O)c(N)c1N)c1ccc(O)c(N)c1N. The fourth-order valence-corrected chi connectivity index (χ4v) is 2.48. The quantitative estimate of drug-likeness (QED) is 0.367. The molecular formula is C15H20N4O2. The van der Waals surface area contributed by atoms with E-state index >= 15 is 0 Å². The van der Waals surface area contributed by atoms with Crippen molar-refractivity contribution in [2.24, 2.45) is 0 Å². The summed E-state index contributed by atoms with van der Waals surface area (Å²) in [6.45, 7) is 3.83. The van der Waals surface area contributed by atoms with Crippen molar-refractivity contribution >= 4 is 22.7 Å². The predicted molar refractivity (Wildman–Crippen MR) is 86.0 cm³/mol. The Bertz CT molecular complexity index is 652. The van der Waals surface area contributed by atoms with Gasteiger partial charge >= 0.3 is 0 Å². The molecule has 112 valence electrons. The van der Waals surface area contributed by atoms with Gasteiger partial charge in [0.15, 0.2) is 0 Å². The van der Waals surface area contributed by atoms with Crippen LogP contribution in [0.25, 0.3) is 0 Å². The summed E-state index contributed by atoms with van der Waals surface area (Å²) in [6.07, 6.45) is 0. The Morgan fingerprint density at radius 3 is 1.33 bits per heavy atom. The predicted octanol–water partition coefficient (Wildman–Crippen LogP) is 1.75. The highest BCUT2D eigenvalue weighted by Gasteiger charge is 2.30. The van der Waals surface area contributed by atoms with Crippen LogP contribution in [-0.2, 0) is 5.41 Å². The minimum atomic E-state index is -0.599. The maximum Gasteiger partial charge on any atom is 0.140 e. The molecule has 0 bridgehead atoms. The number of phenolic OH excluding ortho intramolecular Hbond substituents is 2. The average Bonchev–Trinajstić information content (AvgIpc) is 2.41. The summed E-state index contributed by atoms with van der Waals surface area (Å²) in [5.41, 5.74) is 25.3. The number of phenols is 2. The van der Waals surface area contributed by atoms with Gasteiger partial charge < -0.3 is 33.1 Å². The smallest absolute Gasteiger partial charge is 0.140 e.